The van der Waals surface area contributed by atoms with E-state index in [2.05, 4.69) is 63.7 Å². The third-order valence-corrected chi connectivity index (χ3v) is 5.26. The number of para-hydroxylation sites is 1. The van der Waals surface area contributed by atoms with Crippen LogP contribution in [0.25, 0.3) is 0 Å². The lowest BCUT2D eigenvalue weighted by atomic mass is 9.79. The second-order valence-electron chi connectivity index (χ2n) is 5.94. The maximum absolute atomic E-state index is 6.24. The lowest BCUT2D eigenvalue weighted by Gasteiger charge is -2.41. The largest absolute Gasteiger partial charge is 0.485 e. The second-order valence-corrected chi connectivity index (χ2v) is 6.80. The molecule has 0 amide bonds. The molecule has 0 radical (unpaired) electrons. The Labute approximate surface area is 133 Å². The van der Waals surface area contributed by atoms with Gasteiger partial charge in [0.2, 0.25) is 0 Å². The summed E-state index contributed by atoms with van der Waals surface area (Å²) in [5, 5.41) is 3.68. The molecule has 0 spiro atoms. The number of rotatable bonds is 1. The number of fused-ring (bicyclic) bond motifs is 2. The smallest absolute Gasteiger partial charge is 0.157 e. The molecular weight excluding hydrogens is 326 g/mol. The highest BCUT2D eigenvalue weighted by Crippen LogP contribution is 2.43. The van der Waals surface area contributed by atoms with E-state index in [4.69, 9.17) is 4.74 Å². The third kappa shape index (κ3) is 2.44. The standard InChI is InChI=1S/C18H18BrNO/c19-14-7-4-8-15-18(14)21-17-10-9-13(11-16(17)20-15)12-5-2-1-3-6-12/h1-8,13,16-17,20H,9-11H2. The molecular formula is C18H18BrNO. The lowest BCUT2D eigenvalue weighted by Crippen LogP contribution is -2.45. The van der Waals surface area contributed by atoms with Crippen molar-refractivity contribution in [3.05, 3.63) is 58.6 Å². The Hall–Kier alpha value is -1.48. The van der Waals surface area contributed by atoms with Crippen LogP contribution >= 0.6 is 15.9 Å². The molecule has 3 atom stereocenters. The molecule has 1 N–H and O–H groups in total. The highest BCUT2D eigenvalue weighted by Gasteiger charge is 2.36. The summed E-state index contributed by atoms with van der Waals surface area (Å²) in [4.78, 5) is 0. The molecule has 2 aromatic carbocycles. The third-order valence-electron chi connectivity index (χ3n) is 4.63. The lowest BCUT2D eigenvalue weighted by molar-refractivity contribution is 0.122. The average Bonchev–Trinajstić information content (AvgIpc) is 2.54. The van der Waals surface area contributed by atoms with Crippen molar-refractivity contribution in [1.82, 2.24) is 0 Å². The second kappa shape index (κ2) is 5.38. The summed E-state index contributed by atoms with van der Waals surface area (Å²) in [6, 6.07) is 17.5. The molecule has 2 aromatic rings. The SMILES string of the molecule is Brc1cccc2c1OC1CCC(c3ccccc3)CC1N2. The van der Waals surface area contributed by atoms with Crippen LogP contribution in [0.4, 0.5) is 5.69 Å². The first-order valence-corrected chi connectivity index (χ1v) is 8.37. The van der Waals surface area contributed by atoms with Crippen molar-refractivity contribution < 1.29 is 4.74 Å². The van der Waals surface area contributed by atoms with Gasteiger partial charge in [0.25, 0.3) is 0 Å². The first-order valence-electron chi connectivity index (χ1n) is 7.58. The summed E-state index contributed by atoms with van der Waals surface area (Å²) in [6.45, 7) is 0. The first-order chi connectivity index (χ1) is 10.3. The molecule has 1 saturated carbocycles. The van der Waals surface area contributed by atoms with Crippen molar-refractivity contribution in [3.63, 3.8) is 0 Å². The Balaban J connectivity index is 1.57. The molecule has 1 aliphatic carbocycles. The van der Waals surface area contributed by atoms with Gasteiger partial charge < -0.3 is 10.1 Å². The molecule has 3 heteroatoms. The summed E-state index contributed by atoms with van der Waals surface area (Å²) in [5.41, 5.74) is 2.57. The van der Waals surface area contributed by atoms with E-state index in [1.807, 2.05) is 6.07 Å². The van der Waals surface area contributed by atoms with Crippen LogP contribution in [0.15, 0.2) is 53.0 Å². The van der Waals surface area contributed by atoms with Crippen molar-refractivity contribution in [2.24, 2.45) is 0 Å². The molecule has 2 nitrogen and oxygen atoms in total. The monoisotopic (exact) mass is 343 g/mol. The average molecular weight is 344 g/mol. The van der Waals surface area contributed by atoms with E-state index < -0.39 is 0 Å². The number of hydrogen-bond acceptors (Lipinski definition) is 2. The van der Waals surface area contributed by atoms with E-state index in [0.717, 1.165) is 28.8 Å². The predicted octanol–water partition coefficient (Wildman–Crippen LogP) is 4.96. The van der Waals surface area contributed by atoms with E-state index in [1.165, 1.54) is 12.0 Å². The molecule has 1 fully saturated rings. The Bertz CT molecular complexity index is 643. The molecule has 0 aromatic heterocycles. The van der Waals surface area contributed by atoms with Gasteiger partial charge in [0, 0.05) is 0 Å². The number of nitrogens with one attached hydrogen (secondary N) is 1. The molecule has 1 aliphatic heterocycles. The topological polar surface area (TPSA) is 21.3 Å². The van der Waals surface area contributed by atoms with Gasteiger partial charge in [0.05, 0.1) is 16.2 Å². The molecule has 2 aliphatic rings. The Morgan fingerprint density at radius 3 is 2.71 bits per heavy atom. The number of halogens is 1. The minimum absolute atomic E-state index is 0.288. The predicted molar refractivity (Wildman–Crippen MR) is 89.0 cm³/mol. The van der Waals surface area contributed by atoms with Crippen LogP contribution in [0.2, 0.25) is 0 Å². The zero-order chi connectivity index (χ0) is 14.2. The summed E-state index contributed by atoms with van der Waals surface area (Å²) in [6.07, 6.45) is 3.74. The van der Waals surface area contributed by atoms with Crippen LogP contribution in [0.5, 0.6) is 5.75 Å². The molecule has 0 saturated heterocycles. The quantitative estimate of drug-likeness (QED) is 0.790. The van der Waals surface area contributed by atoms with Gasteiger partial charge >= 0.3 is 0 Å². The fraction of sp³-hybridized carbons (Fsp3) is 0.333. The number of hydrogen-bond donors (Lipinski definition) is 1. The van der Waals surface area contributed by atoms with Crippen molar-refractivity contribution in [3.8, 4) is 5.75 Å². The number of benzene rings is 2. The van der Waals surface area contributed by atoms with Crippen LogP contribution in [-0.4, -0.2) is 12.1 Å². The van der Waals surface area contributed by atoms with Gasteiger partial charge in [0.15, 0.2) is 5.75 Å². The Kier molecular flexibility index (Phi) is 3.38. The minimum atomic E-state index is 0.288. The van der Waals surface area contributed by atoms with Crippen LogP contribution in [0.1, 0.15) is 30.7 Å². The fourth-order valence-corrected chi connectivity index (χ4v) is 4.02. The van der Waals surface area contributed by atoms with Crippen molar-refractivity contribution in [1.29, 1.82) is 0 Å². The molecule has 0 bridgehead atoms. The number of ether oxygens (including phenoxy) is 1. The van der Waals surface area contributed by atoms with Gasteiger partial charge in [0.1, 0.15) is 6.10 Å². The van der Waals surface area contributed by atoms with Crippen LogP contribution < -0.4 is 10.1 Å². The molecule has 3 unspecified atom stereocenters. The number of anilines is 1. The summed E-state index contributed by atoms with van der Waals surface area (Å²) in [5.74, 6) is 1.61. The molecule has 21 heavy (non-hydrogen) atoms. The summed E-state index contributed by atoms with van der Waals surface area (Å²) >= 11 is 3.58. The van der Waals surface area contributed by atoms with Gasteiger partial charge in [-0.25, -0.2) is 0 Å². The highest BCUT2D eigenvalue weighted by atomic mass is 79.9. The maximum Gasteiger partial charge on any atom is 0.157 e. The Morgan fingerprint density at radius 2 is 1.86 bits per heavy atom. The van der Waals surface area contributed by atoms with E-state index >= 15 is 0 Å². The van der Waals surface area contributed by atoms with Gasteiger partial charge in [-0.2, -0.15) is 0 Å². The van der Waals surface area contributed by atoms with Gasteiger partial charge in [-0.05, 0) is 58.8 Å². The highest BCUT2D eigenvalue weighted by molar-refractivity contribution is 9.10. The van der Waals surface area contributed by atoms with Crippen molar-refractivity contribution in [2.75, 3.05) is 5.32 Å². The molecule has 4 rings (SSSR count). The van der Waals surface area contributed by atoms with E-state index in [9.17, 15) is 0 Å². The first kappa shape index (κ1) is 13.2. The van der Waals surface area contributed by atoms with Crippen LogP contribution in [0.3, 0.4) is 0 Å². The van der Waals surface area contributed by atoms with Crippen molar-refractivity contribution >= 4 is 21.6 Å². The van der Waals surface area contributed by atoms with E-state index in [-0.39, 0.29) is 6.10 Å². The Morgan fingerprint density at radius 1 is 1.00 bits per heavy atom. The summed E-state index contributed by atoms with van der Waals surface area (Å²) < 4.78 is 7.28. The summed E-state index contributed by atoms with van der Waals surface area (Å²) in [7, 11) is 0. The van der Waals surface area contributed by atoms with Gasteiger partial charge in [-0.3, -0.25) is 0 Å². The zero-order valence-corrected chi connectivity index (χ0v) is 13.3. The van der Waals surface area contributed by atoms with Crippen molar-refractivity contribution in [2.45, 2.75) is 37.3 Å². The van der Waals surface area contributed by atoms with Crippen LogP contribution in [-0.2, 0) is 0 Å². The van der Waals surface area contributed by atoms with E-state index in [1.54, 1.807) is 0 Å². The minimum Gasteiger partial charge on any atom is -0.485 e. The zero-order valence-electron chi connectivity index (χ0n) is 11.8. The van der Waals surface area contributed by atoms with Gasteiger partial charge in [-0.1, -0.05) is 36.4 Å². The fourth-order valence-electron chi connectivity index (χ4n) is 3.56. The molecule has 1 heterocycles. The maximum atomic E-state index is 6.24. The van der Waals surface area contributed by atoms with E-state index in [0.29, 0.717) is 12.0 Å². The van der Waals surface area contributed by atoms with Crippen LogP contribution in [0, 0.1) is 0 Å². The van der Waals surface area contributed by atoms with Gasteiger partial charge in [-0.15, -0.1) is 0 Å². The molecule has 108 valence electrons. The normalized spacial score (nSPS) is 27.0.